The van der Waals surface area contributed by atoms with Gasteiger partial charge >= 0.3 is 0 Å². The standard InChI is InChI=1S/C21H19ClFN3O2/c1-2-11-26(20(27)10-5-14-3-7-16(23)8-4-14)13-19-24-18-12-15(22)6-9-17(18)21(28)25-19/h3-10,12H,2,11,13H2,1H3,(H,24,25,28). The van der Waals surface area contributed by atoms with Crippen LogP contribution in [0.1, 0.15) is 24.7 Å². The lowest BCUT2D eigenvalue weighted by molar-refractivity contribution is -0.126. The first-order valence-corrected chi connectivity index (χ1v) is 9.25. The van der Waals surface area contributed by atoms with Crippen LogP contribution in [0.5, 0.6) is 0 Å². The minimum absolute atomic E-state index is 0.165. The van der Waals surface area contributed by atoms with Crippen molar-refractivity contribution in [2.45, 2.75) is 19.9 Å². The molecule has 0 bridgehead atoms. The van der Waals surface area contributed by atoms with Crippen molar-refractivity contribution in [1.82, 2.24) is 14.9 Å². The number of rotatable bonds is 6. The van der Waals surface area contributed by atoms with E-state index in [1.807, 2.05) is 6.92 Å². The number of aromatic amines is 1. The highest BCUT2D eigenvalue weighted by molar-refractivity contribution is 6.31. The van der Waals surface area contributed by atoms with Crippen molar-refractivity contribution in [3.8, 4) is 0 Å². The van der Waals surface area contributed by atoms with E-state index < -0.39 is 0 Å². The molecular weight excluding hydrogens is 381 g/mol. The molecule has 7 heteroatoms. The monoisotopic (exact) mass is 399 g/mol. The minimum atomic E-state index is -0.331. The third kappa shape index (κ3) is 4.84. The van der Waals surface area contributed by atoms with Gasteiger partial charge in [0.15, 0.2) is 0 Å². The van der Waals surface area contributed by atoms with E-state index in [-0.39, 0.29) is 23.8 Å². The number of H-pyrrole nitrogens is 1. The number of nitrogens with zero attached hydrogens (tertiary/aromatic N) is 2. The molecule has 0 saturated heterocycles. The number of carbonyl (C=O) groups is 1. The van der Waals surface area contributed by atoms with Gasteiger partial charge in [-0.1, -0.05) is 30.7 Å². The lowest BCUT2D eigenvalue weighted by atomic mass is 10.2. The van der Waals surface area contributed by atoms with Crippen LogP contribution in [-0.4, -0.2) is 27.3 Å². The van der Waals surface area contributed by atoms with E-state index >= 15 is 0 Å². The van der Waals surface area contributed by atoms with Crippen molar-refractivity contribution in [2.24, 2.45) is 0 Å². The predicted molar refractivity (Wildman–Crippen MR) is 109 cm³/mol. The second-order valence-electron chi connectivity index (χ2n) is 6.32. The normalized spacial score (nSPS) is 11.2. The van der Waals surface area contributed by atoms with E-state index in [4.69, 9.17) is 11.6 Å². The molecule has 1 heterocycles. The lowest BCUT2D eigenvalue weighted by Gasteiger charge is -2.20. The smallest absolute Gasteiger partial charge is 0.258 e. The number of carbonyl (C=O) groups excluding carboxylic acids is 1. The van der Waals surface area contributed by atoms with E-state index in [1.165, 1.54) is 18.2 Å². The van der Waals surface area contributed by atoms with Crippen molar-refractivity contribution >= 4 is 34.5 Å². The quantitative estimate of drug-likeness (QED) is 0.633. The first kappa shape index (κ1) is 19.8. The fourth-order valence-electron chi connectivity index (χ4n) is 2.80. The molecule has 3 rings (SSSR count). The summed E-state index contributed by atoms with van der Waals surface area (Å²) in [6, 6.07) is 10.7. The molecule has 3 aromatic rings. The van der Waals surface area contributed by atoms with E-state index in [0.717, 1.165) is 12.0 Å². The van der Waals surface area contributed by atoms with Crippen molar-refractivity contribution in [3.63, 3.8) is 0 Å². The molecule has 1 amide bonds. The maximum absolute atomic E-state index is 13.0. The van der Waals surface area contributed by atoms with E-state index in [0.29, 0.717) is 28.3 Å². The van der Waals surface area contributed by atoms with E-state index in [9.17, 15) is 14.0 Å². The van der Waals surface area contributed by atoms with Crippen molar-refractivity contribution in [2.75, 3.05) is 6.54 Å². The van der Waals surface area contributed by atoms with Crippen LogP contribution in [0.15, 0.2) is 53.3 Å². The van der Waals surface area contributed by atoms with Crippen LogP contribution in [0.4, 0.5) is 4.39 Å². The Morgan fingerprint density at radius 2 is 2.00 bits per heavy atom. The molecular formula is C21H19ClFN3O2. The number of nitrogens with one attached hydrogen (secondary N) is 1. The van der Waals surface area contributed by atoms with Crippen LogP contribution in [0, 0.1) is 5.82 Å². The number of aromatic nitrogens is 2. The van der Waals surface area contributed by atoms with Crippen molar-refractivity contribution in [3.05, 3.63) is 81.1 Å². The van der Waals surface area contributed by atoms with Gasteiger partial charge in [-0.25, -0.2) is 9.37 Å². The van der Waals surface area contributed by atoms with E-state index in [2.05, 4.69) is 9.97 Å². The Balaban J connectivity index is 1.82. The molecule has 144 valence electrons. The third-order valence-electron chi connectivity index (χ3n) is 4.15. The van der Waals surface area contributed by atoms with Gasteiger partial charge in [-0.15, -0.1) is 0 Å². The maximum Gasteiger partial charge on any atom is 0.258 e. The molecule has 0 radical (unpaired) electrons. The summed E-state index contributed by atoms with van der Waals surface area (Å²) in [5.41, 5.74) is 0.928. The summed E-state index contributed by atoms with van der Waals surface area (Å²) in [6.07, 6.45) is 3.81. The second-order valence-corrected chi connectivity index (χ2v) is 6.76. The fraction of sp³-hybridized carbons (Fsp3) is 0.190. The van der Waals surface area contributed by atoms with Crippen LogP contribution in [-0.2, 0) is 11.3 Å². The molecule has 0 saturated carbocycles. The van der Waals surface area contributed by atoms with E-state index in [1.54, 1.807) is 41.3 Å². The number of hydrogen-bond donors (Lipinski definition) is 1. The Labute approximate surface area is 166 Å². The molecule has 0 spiro atoms. The number of hydrogen-bond acceptors (Lipinski definition) is 3. The summed E-state index contributed by atoms with van der Waals surface area (Å²) in [5, 5.41) is 0.929. The number of fused-ring (bicyclic) bond motifs is 1. The Kier molecular flexibility index (Phi) is 6.21. The van der Waals surface area contributed by atoms with Crippen LogP contribution < -0.4 is 5.56 Å². The molecule has 0 fully saturated rings. The zero-order valence-electron chi connectivity index (χ0n) is 15.3. The van der Waals surface area contributed by atoms with Crippen molar-refractivity contribution in [1.29, 1.82) is 0 Å². The highest BCUT2D eigenvalue weighted by Crippen LogP contribution is 2.15. The number of halogens is 2. The summed E-state index contributed by atoms with van der Waals surface area (Å²) >= 11 is 5.99. The molecule has 0 atom stereocenters. The fourth-order valence-corrected chi connectivity index (χ4v) is 2.97. The first-order valence-electron chi connectivity index (χ1n) is 8.87. The average Bonchev–Trinajstić information content (AvgIpc) is 2.66. The third-order valence-corrected chi connectivity index (χ3v) is 4.39. The molecule has 0 aliphatic heterocycles. The van der Waals surface area contributed by atoms with Gasteiger partial charge in [-0.3, -0.25) is 9.59 Å². The Morgan fingerprint density at radius 1 is 1.25 bits per heavy atom. The van der Waals surface area contributed by atoms with Crippen LogP contribution >= 0.6 is 11.6 Å². The zero-order valence-corrected chi connectivity index (χ0v) is 16.0. The lowest BCUT2D eigenvalue weighted by Crippen LogP contribution is -2.31. The largest absolute Gasteiger partial charge is 0.332 e. The Hall–Kier alpha value is -2.99. The second kappa shape index (κ2) is 8.80. The van der Waals surface area contributed by atoms with Gasteiger partial charge in [0, 0.05) is 17.6 Å². The SMILES string of the molecule is CCCN(Cc1nc2cc(Cl)ccc2c(=O)[nH]1)C(=O)C=Cc1ccc(F)cc1. The summed E-state index contributed by atoms with van der Waals surface area (Å²) in [6.45, 7) is 2.63. The molecule has 5 nitrogen and oxygen atoms in total. The molecule has 2 aromatic carbocycles. The van der Waals surface area contributed by atoms with Gasteiger partial charge in [0.25, 0.3) is 5.56 Å². The van der Waals surface area contributed by atoms with Crippen LogP contribution in [0.25, 0.3) is 17.0 Å². The van der Waals surface area contributed by atoms with Crippen LogP contribution in [0.2, 0.25) is 5.02 Å². The number of amides is 1. The van der Waals surface area contributed by atoms with Gasteiger partial charge in [0.2, 0.25) is 5.91 Å². The Morgan fingerprint density at radius 3 is 2.71 bits per heavy atom. The van der Waals surface area contributed by atoms with Crippen LogP contribution in [0.3, 0.4) is 0 Å². The van der Waals surface area contributed by atoms with Gasteiger partial charge in [-0.05, 0) is 48.4 Å². The maximum atomic E-state index is 13.0. The Bertz CT molecular complexity index is 1080. The summed E-state index contributed by atoms with van der Waals surface area (Å²) in [4.78, 5) is 33.6. The summed E-state index contributed by atoms with van der Waals surface area (Å²) in [5.74, 6) is -0.167. The minimum Gasteiger partial charge on any atom is -0.332 e. The number of benzene rings is 2. The highest BCUT2D eigenvalue weighted by Gasteiger charge is 2.13. The molecule has 0 unspecified atom stereocenters. The van der Waals surface area contributed by atoms with Gasteiger partial charge in [0.1, 0.15) is 11.6 Å². The molecule has 1 aromatic heterocycles. The zero-order chi connectivity index (χ0) is 20.1. The molecule has 0 aliphatic rings. The highest BCUT2D eigenvalue weighted by atomic mass is 35.5. The van der Waals surface area contributed by atoms with Gasteiger partial charge < -0.3 is 9.88 Å². The molecule has 0 aliphatic carbocycles. The van der Waals surface area contributed by atoms with Gasteiger partial charge in [-0.2, -0.15) is 0 Å². The summed E-state index contributed by atoms with van der Waals surface area (Å²) in [7, 11) is 0. The summed E-state index contributed by atoms with van der Waals surface area (Å²) < 4.78 is 13.0. The van der Waals surface area contributed by atoms with Gasteiger partial charge in [0.05, 0.1) is 17.4 Å². The average molecular weight is 400 g/mol. The topological polar surface area (TPSA) is 66.1 Å². The molecule has 28 heavy (non-hydrogen) atoms. The predicted octanol–water partition coefficient (Wildman–Crippen LogP) is 4.17. The molecule has 1 N–H and O–H groups in total. The first-order chi connectivity index (χ1) is 13.5. The van der Waals surface area contributed by atoms with Crippen molar-refractivity contribution < 1.29 is 9.18 Å².